The van der Waals surface area contributed by atoms with Crippen molar-refractivity contribution in [1.82, 2.24) is 20.0 Å². The lowest BCUT2D eigenvalue weighted by molar-refractivity contribution is -0.136. The Morgan fingerprint density at radius 2 is 1.79 bits per heavy atom. The van der Waals surface area contributed by atoms with Crippen LogP contribution in [0.4, 0.5) is 0 Å². The molecule has 1 saturated carbocycles. The number of carbonyl (C=O) groups excluding carboxylic acids is 1. The maximum absolute atomic E-state index is 12.4. The summed E-state index contributed by atoms with van der Waals surface area (Å²) in [6.45, 7) is 7.86. The van der Waals surface area contributed by atoms with Crippen molar-refractivity contribution in [3.8, 4) is 0 Å². The van der Waals surface area contributed by atoms with Crippen molar-refractivity contribution in [1.29, 1.82) is 0 Å². The van der Waals surface area contributed by atoms with Gasteiger partial charge in [0, 0.05) is 52.9 Å². The highest BCUT2D eigenvalue weighted by Crippen LogP contribution is 2.46. The molecule has 29 heavy (non-hydrogen) atoms. The van der Waals surface area contributed by atoms with Gasteiger partial charge < -0.3 is 19.9 Å². The van der Waals surface area contributed by atoms with Gasteiger partial charge in [-0.25, -0.2) is 0 Å². The lowest BCUT2D eigenvalue weighted by Gasteiger charge is -2.37. The van der Waals surface area contributed by atoms with Crippen molar-refractivity contribution in [2.24, 2.45) is 10.9 Å². The van der Waals surface area contributed by atoms with Crippen molar-refractivity contribution in [2.45, 2.75) is 12.3 Å². The van der Waals surface area contributed by atoms with E-state index in [0.717, 1.165) is 51.8 Å². The maximum Gasteiger partial charge on any atom is 0.236 e. The summed E-state index contributed by atoms with van der Waals surface area (Å²) in [5.41, 5.74) is 1.45. The molecule has 0 spiro atoms. The van der Waals surface area contributed by atoms with E-state index in [9.17, 15) is 4.79 Å². The Kier molecular flexibility index (Phi) is 6.67. The molecular formula is C22H33N5O2. The van der Waals surface area contributed by atoms with E-state index in [0.29, 0.717) is 31.6 Å². The van der Waals surface area contributed by atoms with E-state index in [1.54, 1.807) is 0 Å². The summed E-state index contributed by atoms with van der Waals surface area (Å²) >= 11 is 0. The van der Waals surface area contributed by atoms with Crippen molar-refractivity contribution < 1.29 is 9.53 Å². The van der Waals surface area contributed by atoms with Crippen LogP contribution in [0.2, 0.25) is 0 Å². The number of aliphatic imine (C=N–C) groups is 1. The van der Waals surface area contributed by atoms with Crippen molar-refractivity contribution >= 4 is 11.9 Å². The number of amides is 1. The highest BCUT2D eigenvalue weighted by molar-refractivity contribution is 5.80. The van der Waals surface area contributed by atoms with Gasteiger partial charge in [-0.2, -0.15) is 0 Å². The average molecular weight is 400 g/mol. The van der Waals surface area contributed by atoms with E-state index in [-0.39, 0.29) is 5.91 Å². The van der Waals surface area contributed by atoms with Crippen LogP contribution in [0, 0.1) is 5.92 Å². The molecule has 2 saturated heterocycles. The van der Waals surface area contributed by atoms with Crippen molar-refractivity contribution in [3.63, 3.8) is 0 Å². The lowest BCUT2D eigenvalue weighted by atomic mass is 10.1. The smallest absolute Gasteiger partial charge is 0.236 e. The van der Waals surface area contributed by atoms with Gasteiger partial charge in [0.1, 0.15) is 0 Å². The molecule has 0 aromatic heterocycles. The second-order valence-corrected chi connectivity index (χ2v) is 8.20. The molecule has 3 fully saturated rings. The van der Waals surface area contributed by atoms with Crippen LogP contribution in [0.3, 0.4) is 0 Å². The molecule has 2 heterocycles. The summed E-state index contributed by atoms with van der Waals surface area (Å²) in [6.07, 6.45) is 1.26. The Balaban J connectivity index is 1.18. The van der Waals surface area contributed by atoms with Crippen LogP contribution >= 0.6 is 0 Å². The second kappa shape index (κ2) is 9.59. The first kappa shape index (κ1) is 20.2. The van der Waals surface area contributed by atoms with E-state index in [2.05, 4.69) is 50.4 Å². The Labute approximate surface area is 173 Å². The van der Waals surface area contributed by atoms with Gasteiger partial charge in [-0.1, -0.05) is 30.3 Å². The summed E-state index contributed by atoms with van der Waals surface area (Å²) in [6, 6.07) is 10.8. The SMILES string of the molecule is CN=C(NCC1CC1c1ccccc1)N1CCN(CC(=O)N2CCOCC2)CC1. The monoisotopic (exact) mass is 399 g/mol. The van der Waals surface area contributed by atoms with Crippen molar-refractivity contribution in [3.05, 3.63) is 35.9 Å². The van der Waals surface area contributed by atoms with E-state index < -0.39 is 0 Å². The number of hydrogen-bond acceptors (Lipinski definition) is 4. The fraction of sp³-hybridized carbons (Fsp3) is 0.636. The van der Waals surface area contributed by atoms with E-state index in [4.69, 9.17) is 4.74 Å². The zero-order valence-corrected chi connectivity index (χ0v) is 17.4. The number of ether oxygens (including phenoxy) is 1. The van der Waals surface area contributed by atoms with Crippen LogP contribution in [0.15, 0.2) is 35.3 Å². The normalized spacial score (nSPS) is 25.8. The van der Waals surface area contributed by atoms with Gasteiger partial charge in [-0.15, -0.1) is 0 Å². The summed E-state index contributed by atoms with van der Waals surface area (Å²) < 4.78 is 5.33. The number of morpholine rings is 1. The average Bonchev–Trinajstić information content (AvgIpc) is 3.56. The molecule has 1 aromatic rings. The van der Waals surface area contributed by atoms with Gasteiger partial charge in [0.25, 0.3) is 0 Å². The molecule has 1 aromatic carbocycles. The predicted octanol–water partition coefficient (Wildman–Crippen LogP) is 0.842. The summed E-state index contributed by atoms with van der Waals surface area (Å²) in [7, 11) is 1.86. The molecule has 7 nitrogen and oxygen atoms in total. The number of hydrogen-bond donors (Lipinski definition) is 1. The highest BCUT2D eigenvalue weighted by Gasteiger charge is 2.38. The minimum atomic E-state index is 0.227. The number of rotatable bonds is 5. The molecule has 2 unspecified atom stereocenters. The zero-order chi connectivity index (χ0) is 20.1. The minimum absolute atomic E-state index is 0.227. The number of benzene rings is 1. The first-order valence-corrected chi connectivity index (χ1v) is 10.8. The Bertz CT molecular complexity index is 696. The topological polar surface area (TPSA) is 60.4 Å². The van der Waals surface area contributed by atoms with Crippen LogP contribution in [-0.2, 0) is 9.53 Å². The summed E-state index contributed by atoms with van der Waals surface area (Å²) in [5.74, 6) is 2.60. The number of nitrogens with one attached hydrogen (secondary N) is 1. The quantitative estimate of drug-likeness (QED) is 0.587. The molecule has 1 amide bonds. The van der Waals surface area contributed by atoms with Crippen LogP contribution in [-0.4, -0.2) is 99.2 Å². The molecule has 4 rings (SSSR count). The first-order valence-electron chi connectivity index (χ1n) is 10.8. The third-order valence-electron chi connectivity index (χ3n) is 6.28. The van der Waals surface area contributed by atoms with E-state index in [1.807, 2.05) is 11.9 Å². The Morgan fingerprint density at radius 1 is 1.07 bits per heavy atom. The third kappa shape index (κ3) is 5.28. The van der Waals surface area contributed by atoms with Crippen LogP contribution < -0.4 is 5.32 Å². The predicted molar refractivity (Wildman–Crippen MR) is 114 cm³/mol. The van der Waals surface area contributed by atoms with Crippen LogP contribution in [0.25, 0.3) is 0 Å². The summed E-state index contributed by atoms with van der Waals surface area (Å²) in [5, 5.41) is 3.58. The third-order valence-corrected chi connectivity index (χ3v) is 6.28. The van der Waals surface area contributed by atoms with Crippen LogP contribution in [0.5, 0.6) is 0 Å². The highest BCUT2D eigenvalue weighted by atomic mass is 16.5. The van der Waals surface area contributed by atoms with Gasteiger partial charge >= 0.3 is 0 Å². The van der Waals surface area contributed by atoms with Gasteiger partial charge in [-0.3, -0.25) is 14.7 Å². The van der Waals surface area contributed by atoms with Gasteiger partial charge in [0.15, 0.2) is 5.96 Å². The number of carbonyl (C=O) groups is 1. The standard InChI is InChI=1S/C22H33N5O2/c1-23-22(24-16-19-15-20(19)18-5-3-2-4-6-18)27-9-7-25(8-10-27)17-21(28)26-11-13-29-14-12-26/h2-6,19-20H,7-17H2,1H3,(H,23,24). The van der Waals surface area contributed by atoms with E-state index >= 15 is 0 Å². The fourth-order valence-electron chi connectivity index (χ4n) is 4.36. The summed E-state index contributed by atoms with van der Waals surface area (Å²) in [4.78, 5) is 23.4. The number of piperazine rings is 1. The van der Waals surface area contributed by atoms with Crippen molar-refractivity contribution in [2.75, 3.05) is 72.6 Å². The number of nitrogens with zero attached hydrogens (tertiary/aromatic N) is 4. The fourth-order valence-corrected chi connectivity index (χ4v) is 4.36. The first-order chi connectivity index (χ1) is 14.2. The molecule has 2 atom stereocenters. The largest absolute Gasteiger partial charge is 0.378 e. The van der Waals surface area contributed by atoms with E-state index in [1.165, 1.54) is 12.0 Å². The molecule has 3 aliphatic rings. The Morgan fingerprint density at radius 3 is 2.48 bits per heavy atom. The molecular weight excluding hydrogens is 366 g/mol. The second-order valence-electron chi connectivity index (χ2n) is 8.20. The Hall–Kier alpha value is -2.12. The molecule has 2 aliphatic heterocycles. The molecule has 0 bridgehead atoms. The minimum Gasteiger partial charge on any atom is -0.378 e. The number of guanidine groups is 1. The molecule has 0 radical (unpaired) electrons. The van der Waals surface area contributed by atoms with Gasteiger partial charge in [-0.05, 0) is 23.8 Å². The molecule has 7 heteroatoms. The molecule has 1 N–H and O–H groups in total. The van der Waals surface area contributed by atoms with Gasteiger partial charge in [0.2, 0.25) is 5.91 Å². The lowest BCUT2D eigenvalue weighted by Crippen LogP contribution is -2.55. The zero-order valence-electron chi connectivity index (χ0n) is 17.4. The maximum atomic E-state index is 12.4. The molecule has 1 aliphatic carbocycles. The van der Waals surface area contributed by atoms with Crippen LogP contribution in [0.1, 0.15) is 17.9 Å². The van der Waals surface area contributed by atoms with Gasteiger partial charge in [0.05, 0.1) is 19.8 Å². The molecule has 158 valence electrons.